The zero-order valence-corrected chi connectivity index (χ0v) is 20.0. The maximum atomic E-state index is 12.2. The van der Waals surface area contributed by atoms with Gasteiger partial charge in [0.1, 0.15) is 11.5 Å². The van der Waals surface area contributed by atoms with Crippen molar-refractivity contribution in [1.82, 2.24) is 20.5 Å². The van der Waals surface area contributed by atoms with Crippen molar-refractivity contribution in [3.05, 3.63) is 23.9 Å². The standard InChI is InChI=1S/C24H37N5O3/c1-6-25-24(28-18-9-11-29(15-18)23(30)16(2)3)26-10-7-8-17-12-20-21(27-17)13-19(31-4)14-22(20)32-5/h12-14,16,18,27H,6-11,15H2,1-5H3,(H2,25,26,28). The first kappa shape index (κ1) is 23.8. The molecule has 1 aromatic carbocycles. The molecule has 1 atom stereocenters. The van der Waals surface area contributed by atoms with Gasteiger partial charge in [0, 0.05) is 61.4 Å². The average molecular weight is 444 g/mol. The zero-order chi connectivity index (χ0) is 23.1. The van der Waals surface area contributed by atoms with E-state index in [9.17, 15) is 4.79 Å². The Hall–Kier alpha value is -2.90. The lowest BCUT2D eigenvalue weighted by atomic mass is 10.2. The Kier molecular flexibility index (Phi) is 8.25. The van der Waals surface area contributed by atoms with E-state index in [-0.39, 0.29) is 17.9 Å². The molecule has 1 fully saturated rings. The van der Waals surface area contributed by atoms with Crippen molar-refractivity contribution in [3.8, 4) is 11.5 Å². The molecule has 32 heavy (non-hydrogen) atoms. The maximum Gasteiger partial charge on any atom is 0.225 e. The first-order valence-electron chi connectivity index (χ1n) is 11.5. The van der Waals surface area contributed by atoms with Gasteiger partial charge in [-0.15, -0.1) is 0 Å². The van der Waals surface area contributed by atoms with Crippen LogP contribution in [0.4, 0.5) is 0 Å². The van der Waals surface area contributed by atoms with E-state index in [4.69, 9.17) is 14.5 Å². The van der Waals surface area contributed by atoms with Gasteiger partial charge in [-0.1, -0.05) is 13.8 Å². The second-order valence-corrected chi connectivity index (χ2v) is 8.52. The number of methoxy groups -OCH3 is 2. The predicted octanol–water partition coefficient (Wildman–Crippen LogP) is 2.93. The van der Waals surface area contributed by atoms with Crippen LogP contribution in [0.3, 0.4) is 0 Å². The van der Waals surface area contributed by atoms with E-state index in [1.54, 1.807) is 14.2 Å². The van der Waals surface area contributed by atoms with Crippen LogP contribution < -0.4 is 20.1 Å². The molecular formula is C24H37N5O3. The van der Waals surface area contributed by atoms with E-state index in [1.807, 2.05) is 30.9 Å². The second-order valence-electron chi connectivity index (χ2n) is 8.52. The number of fused-ring (bicyclic) bond motifs is 1. The summed E-state index contributed by atoms with van der Waals surface area (Å²) in [6, 6.07) is 6.27. The molecule has 1 saturated heterocycles. The number of benzene rings is 1. The molecular weight excluding hydrogens is 406 g/mol. The van der Waals surface area contributed by atoms with Gasteiger partial charge in [-0.05, 0) is 32.3 Å². The molecule has 0 bridgehead atoms. The van der Waals surface area contributed by atoms with Gasteiger partial charge in [0.05, 0.1) is 19.7 Å². The monoisotopic (exact) mass is 443 g/mol. The Morgan fingerprint density at radius 2 is 2.09 bits per heavy atom. The normalized spacial score (nSPS) is 16.6. The zero-order valence-electron chi connectivity index (χ0n) is 20.0. The highest BCUT2D eigenvalue weighted by Gasteiger charge is 2.27. The Labute approximate surface area is 190 Å². The van der Waals surface area contributed by atoms with Crippen molar-refractivity contribution in [3.63, 3.8) is 0 Å². The van der Waals surface area contributed by atoms with E-state index < -0.39 is 0 Å². The second kappa shape index (κ2) is 11.1. The smallest absolute Gasteiger partial charge is 0.225 e. The molecule has 1 amide bonds. The summed E-state index contributed by atoms with van der Waals surface area (Å²) in [4.78, 5) is 22.4. The highest BCUT2D eigenvalue weighted by atomic mass is 16.5. The molecule has 8 nitrogen and oxygen atoms in total. The topological polar surface area (TPSA) is 91.0 Å². The van der Waals surface area contributed by atoms with Gasteiger partial charge in [0.15, 0.2) is 5.96 Å². The van der Waals surface area contributed by atoms with Crippen LogP contribution in [-0.2, 0) is 11.2 Å². The molecule has 0 aliphatic carbocycles. The third-order valence-electron chi connectivity index (χ3n) is 5.74. The van der Waals surface area contributed by atoms with Crippen LogP contribution in [0.5, 0.6) is 11.5 Å². The van der Waals surface area contributed by atoms with Gasteiger partial charge >= 0.3 is 0 Å². The number of ether oxygens (including phenoxy) is 2. The summed E-state index contributed by atoms with van der Waals surface area (Å²) < 4.78 is 10.9. The first-order chi connectivity index (χ1) is 15.4. The molecule has 2 heterocycles. The molecule has 3 rings (SSSR count). The van der Waals surface area contributed by atoms with Crippen molar-refractivity contribution in [2.75, 3.05) is 40.4 Å². The molecule has 1 aliphatic rings. The lowest BCUT2D eigenvalue weighted by molar-refractivity contribution is -0.133. The number of aromatic amines is 1. The number of amides is 1. The Morgan fingerprint density at radius 1 is 1.28 bits per heavy atom. The van der Waals surface area contributed by atoms with Gasteiger partial charge in [-0.2, -0.15) is 0 Å². The number of likely N-dealkylation sites (tertiary alicyclic amines) is 1. The number of nitrogens with one attached hydrogen (secondary N) is 3. The number of H-pyrrole nitrogens is 1. The van der Waals surface area contributed by atoms with Crippen LogP contribution >= 0.6 is 0 Å². The van der Waals surface area contributed by atoms with E-state index in [2.05, 4.69) is 28.6 Å². The summed E-state index contributed by atoms with van der Waals surface area (Å²) in [7, 11) is 3.33. The van der Waals surface area contributed by atoms with Crippen LogP contribution in [0, 0.1) is 5.92 Å². The quantitative estimate of drug-likeness (QED) is 0.315. The highest BCUT2D eigenvalue weighted by Crippen LogP contribution is 2.31. The highest BCUT2D eigenvalue weighted by molar-refractivity contribution is 5.88. The van der Waals surface area contributed by atoms with Gasteiger partial charge in [-0.25, -0.2) is 0 Å². The van der Waals surface area contributed by atoms with Crippen LogP contribution in [0.2, 0.25) is 0 Å². The fourth-order valence-electron chi connectivity index (χ4n) is 4.08. The number of hydrogen-bond acceptors (Lipinski definition) is 4. The minimum absolute atomic E-state index is 0.0429. The number of carbonyl (C=O) groups is 1. The summed E-state index contributed by atoms with van der Waals surface area (Å²) in [6.07, 6.45) is 2.76. The number of rotatable bonds is 9. The Balaban J connectivity index is 1.54. The summed E-state index contributed by atoms with van der Waals surface area (Å²) in [6.45, 7) is 9.03. The summed E-state index contributed by atoms with van der Waals surface area (Å²) in [5.41, 5.74) is 2.16. The summed E-state index contributed by atoms with van der Waals surface area (Å²) in [5, 5.41) is 7.88. The summed E-state index contributed by atoms with van der Waals surface area (Å²) in [5.74, 6) is 2.67. The third kappa shape index (κ3) is 5.87. The molecule has 0 spiro atoms. The summed E-state index contributed by atoms with van der Waals surface area (Å²) >= 11 is 0. The Morgan fingerprint density at radius 3 is 2.78 bits per heavy atom. The maximum absolute atomic E-state index is 12.2. The SMILES string of the molecule is CCNC(=NCCCc1cc2c(OC)cc(OC)cc2[nH]1)NC1CCN(C(=O)C(C)C)C1. The molecule has 1 unspecified atom stereocenters. The molecule has 1 aromatic heterocycles. The average Bonchev–Trinajstić information content (AvgIpc) is 3.42. The fourth-order valence-corrected chi connectivity index (χ4v) is 4.08. The van der Waals surface area contributed by atoms with Crippen molar-refractivity contribution in [1.29, 1.82) is 0 Å². The van der Waals surface area contributed by atoms with Gasteiger partial charge < -0.3 is 30.0 Å². The molecule has 2 aromatic rings. The van der Waals surface area contributed by atoms with Crippen LogP contribution in [0.15, 0.2) is 23.2 Å². The minimum atomic E-state index is 0.0429. The number of aromatic nitrogens is 1. The number of aliphatic imine (C=N–C) groups is 1. The molecule has 8 heteroatoms. The first-order valence-corrected chi connectivity index (χ1v) is 11.5. The fraction of sp³-hybridized carbons (Fsp3) is 0.583. The molecule has 1 aliphatic heterocycles. The number of aryl methyl sites for hydroxylation is 1. The minimum Gasteiger partial charge on any atom is -0.497 e. The Bertz CT molecular complexity index is 937. The van der Waals surface area contributed by atoms with Crippen LogP contribution in [0.25, 0.3) is 10.9 Å². The lowest BCUT2D eigenvalue weighted by Crippen LogP contribution is -2.45. The number of nitrogens with zero attached hydrogens (tertiary/aromatic N) is 2. The van der Waals surface area contributed by atoms with E-state index >= 15 is 0 Å². The van der Waals surface area contributed by atoms with Gasteiger partial charge in [0.25, 0.3) is 0 Å². The molecule has 0 radical (unpaired) electrons. The van der Waals surface area contributed by atoms with Crippen molar-refractivity contribution in [2.24, 2.45) is 10.9 Å². The van der Waals surface area contributed by atoms with Gasteiger partial charge in [-0.3, -0.25) is 9.79 Å². The van der Waals surface area contributed by atoms with Crippen molar-refractivity contribution < 1.29 is 14.3 Å². The molecule has 176 valence electrons. The van der Waals surface area contributed by atoms with Crippen LogP contribution in [-0.4, -0.2) is 68.2 Å². The van der Waals surface area contributed by atoms with Crippen molar-refractivity contribution in [2.45, 2.75) is 46.1 Å². The number of guanidine groups is 1. The predicted molar refractivity (Wildman–Crippen MR) is 129 cm³/mol. The van der Waals surface area contributed by atoms with Crippen LogP contribution in [0.1, 0.15) is 39.3 Å². The van der Waals surface area contributed by atoms with Gasteiger partial charge in [0.2, 0.25) is 5.91 Å². The third-order valence-corrected chi connectivity index (χ3v) is 5.74. The molecule has 3 N–H and O–H groups in total. The number of carbonyl (C=O) groups excluding carboxylic acids is 1. The van der Waals surface area contributed by atoms with E-state index in [0.717, 1.165) is 73.0 Å². The largest absolute Gasteiger partial charge is 0.497 e. The molecule has 0 saturated carbocycles. The van der Waals surface area contributed by atoms with Crippen molar-refractivity contribution >= 4 is 22.8 Å². The number of hydrogen-bond donors (Lipinski definition) is 3. The van der Waals surface area contributed by atoms with E-state index in [0.29, 0.717) is 6.54 Å². The van der Waals surface area contributed by atoms with E-state index in [1.165, 1.54) is 0 Å². The lowest BCUT2D eigenvalue weighted by Gasteiger charge is -2.20.